The van der Waals surface area contributed by atoms with Crippen LogP contribution in [0.15, 0.2) is 48.5 Å². The molecule has 2 N–H and O–H groups in total. The number of likely N-dealkylation sites (tertiary alicyclic amines) is 1. The zero-order chi connectivity index (χ0) is 16.5. The first-order valence-electron chi connectivity index (χ1n) is 8.92. The molecule has 2 aromatic carbocycles. The molecule has 124 valence electrons. The normalized spacial score (nSPS) is 22.6. The van der Waals surface area contributed by atoms with E-state index in [2.05, 4.69) is 36.4 Å². The van der Waals surface area contributed by atoms with Gasteiger partial charge in [0.15, 0.2) is 0 Å². The van der Waals surface area contributed by atoms with Crippen LogP contribution in [0.5, 0.6) is 0 Å². The maximum atomic E-state index is 13.0. The number of fused-ring (bicyclic) bond motifs is 1. The molecule has 1 heterocycles. The van der Waals surface area contributed by atoms with E-state index in [1.807, 2.05) is 17.0 Å². The van der Waals surface area contributed by atoms with Crippen LogP contribution in [0.25, 0.3) is 0 Å². The van der Waals surface area contributed by atoms with Gasteiger partial charge < -0.3 is 10.6 Å². The molecule has 0 saturated carbocycles. The van der Waals surface area contributed by atoms with Crippen molar-refractivity contribution in [2.45, 2.75) is 25.2 Å². The Balaban J connectivity index is 1.55. The van der Waals surface area contributed by atoms with Crippen LogP contribution in [0, 0.1) is 5.92 Å². The van der Waals surface area contributed by atoms with Crippen molar-refractivity contribution in [2.75, 3.05) is 19.6 Å². The van der Waals surface area contributed by atoms with Gasteiger partial charge in [-0.2, -0.15) is 0 Å². The summed E-state index contributed by atoms with van der Waals surface area (Å²) in [5.74, 6) is 0.835. The Bertz CT molecular complexity index is 741. The summed E-state index contributed by atoms with van der Waals surface area (Å²) in [6, 6.07) is 16.7. The molecule has 0 radical (unpaired) electrons. The van der Waals surface area contributed by atoms with E-state index in [1.165, 1.54) is 23.1 Å². The number of rotatable bonds is 3. The molecule has 2 aromatic rings. The SMILES string of the molecule is NC[C@@H]1CN(C(=O)c2ccc3c(c2)CCC3)C[C@H]1c1ccccc1. The molecule has 1 aliphatic carbocycles. The highest BCUT2D eigenvalue weighted by Crippen LogP contribution is 2.33. The van der Waals surface area contributed by atoms with Gasteiger partial charge in [-0.25, -0.2) is 0 Å². The van der Waals surface area contributed by atoms with E-state index in [0.29, 0.717) is 18.4 Å². The maximum Gasteiger partial charge on any atom is 0.253 e. The van der Waals surface area contributed by atoms with Crippen molar-refractivity contribution in [3.63, 3.8) is 0 Å². The van der Waals surface area contributed by atoms with Crippen LogP contribution in [0.1, 0.15) is 39.4 Å². The number of hydrogen-bond donors (Lipinski definition) is 1. The van der Waals surface area contributed by atoms with Gasteiger partial charge in [-0.1, -0.05) is 36.4 Å². The molecule has 24 heavy (non-hydrogen) atoms. The second-order valence-corrected chi connectivity index (χ2v) is 7.06. The van der Waals surface area contributed by atoms with Crippen LogP contribution < -0.4 is 5.73 Å². The van der Waals surface area contributed by atoms with E-state index in [9.17, 15) is 4.79 Å². The lowest BCUT2D eigenvalue weighted by Crippen LogP contribution is -2.29. The molecule has 0 unspecified atom stereocenters. The standard InChI is InChI=1S/C21H24N2O/c22-12-19-13-23(14-20(19)16-5-2-1-3-6-16)21(24)18-10-9-15-7-4-8-17(15)11-18/h1-3,5-6,9-11,19-20H,4,7-8,12-14,22H2/t19-,20+/m1/s1. The van der Waals surface area contributed by atoms with Crippen molar-refractivity contribution in [3.05, 3.63) is 70.8 Å². The molecule has 3 nitrogen and oxygen atoms in total. The van der Waals surface area contributed by atoms with Crippen LogP contribution >= 0.6 is 0 Å². The van der Waals surface area contributed by atoms with E-state index >= 15 is 0 Å². The highest BCUT2D eigenvalue weighted by atomic mass is 16.2. The van der Waals surface area contributed by atoms with E-state index < -0.39 is 0 Å². The zero-order valence-electron chi connectivity index (χ0n) is 13.9. The van der Waals surface area contributed by atoms with Crippen molar-refractivity contribution in [3.8, 4) is 0 Å². The quantitative estimate of drug-likeness (QED) is 0.945. The Morgan fingerprint density at radius 3 is 2.62 bits per heavy atom. The summed E-state index contributed by atoms with van der Waals surface area (Å²) in [7, 11) is 0. The van der Waals surface area contributed by atoms with Gasteiger partial charge in [0.1, 0.15) is 0 Å². The van der Waals surface area contributed by atoms with E-state index in [0.717, 1.165) is 31.5 Å². The Labute approximate surface area is 143 Å². The number of nitrogens with two attached hydrogens (primary N) is 1. The number of carbonyl (C=O) groups is 1. The van der Waals surface area contributed by atoms with Gasteiger partial charge in [0.05, 0.1) is 0 Å². The van der Waals surface area contributed by atoms with E-state index in [1.54, 1.807) is 0 Å². The molecular formula is C21H24N2O. The number of aryl methyl sites for hydroxylation is 2. The molecular weight excluding hydrogens is 296 g/mol. The summed E-state index contributed by atoms with van der Waals surface area (Å²) >= 11 is 0. The topological polar surface area (TPSA) is 46.3 Å². The fourth-order valence-electron chi connectivity index (χ4n) is 4.24. The highest BCUT2D eigenvalue weighted by molar-refractivity contribution is 5.94. The molecule has 1 aliphatic heterocycles. The minimum atomic E-state index is 0.154. The fourth-order valence-corrected chi connectivity index (χ4v) is 4.24. The van der Waals surface area contributed by atoms with Crippen LogP contribution in [-0.4, -0.2) is 30.4 Å². The average Bonchev–Trinajstić information content (AvgIpc) is 3.27. The van der Waals surface area contributed by atoms with Gasteiger partial charge >= 0.3 is 0 Å². The van der Waals surface area contributed by atoms with Gasteiger partial charge in [-0.3, -0.25) is 4.79 Å². The summed E-state index contributed by atoms with van der Waals surface area (Å²) in [5.41, 5.74) is 10.9. The fraction of sp³-hybridized carbons (Fsp3) is 0.381. The van der Waals surface area contributed by atoms with Gasteiger partial charge in [-0.05, 0) is 60.5 Å². The first-order valence-corrected chi connectivity index (χ1v) is 8.92. The lowest BCUT2D eigenvalue weighted by Gasteiger charge is -2.17. The lowest BCUT2D eigenvalue weighted by atomic mass is 9.89. The smallest absolute Gasteiger partial charge is 0.253 e. The third kappa shape index (κ3) is 2.73. The second-order valence-electron chi connectivity index (χ2n) is 7.06. The summed E-state index contributed by atoms with van der Waals surface area (Å²) in [6.07, 6.45) is 3.47. The van der Waals surface area contributed by atoms with Crippen molar-refractivity contribution in [1.29, 1.82) is 0 Å². The molecule has 1 saturated heterocycles. The number of nitrogens with zero attached hydrogens (tertiary/aromatic N) is 1. The molecule has 1 amide bonds. The van der Waals surface area contributed by atoms with Gasteiger partial charge in [0, 0.05) is 24.6 Å². The molecule has 0 aromatic heterocycles. The monoisotopic (exact) mass is 320 g/mol. The predicted octanol–water partition coefficient (Wildman–Crippen LogP) is 2.99. The Kier molecular flexibility index (Phi) is 4.11. The highest BCUT2D eigenvalue weighted by Gasteiger charge is 2.35. The van der Waals surface area contributed by atoms with Crippen LogP contribution in [0.2, 0.25) is 0 Å². The van der Waals surface area contributed by atoms with E-state index in [4.69, 9.17) is 5.73 Å². The van der Waals surface area contributed by atoms with Gasteiger partial charge in [0.25, 0.3) is 5.91 Å². The third-order valence-electron chi connectivity index (χ3n) is 5.60. The first kappa shape index (κ1) is 15.4. The summed E-state index contributed by atoms with van der Waals surface area (Å²) in [5, 5.41) is 0. The molecule has 4 rings (SSSR count). The zero-order valence-corrected chi connectivity index (χ0v) is 13.9. The summed E-state index contributed by atoms with van der Waals surface area (Å²) in [4.78, 5) is 15.0. The van der Waals surface area contributed by atoms with Crippen molar-refractivity contribution < 1.29 is 4.79 Å². The minimum absolute atomic E-state index is 0.154. The molecule has 2 atom stereocenters. The van der Waals surface area contributed by atoms with Crippen molar-refractivity contribution in [1.82, 2.24) is 4.90 Å². The van der Waals surface area contributed by atoms with Crippen molar-refractivity contribution in [2.24, 2.45) is 11.7 Å². The summed E-state index contributed by atoms with van der Waals surface area (Å²) in [6.45, 7) is 2.14. The third-order valence-corrected chi connectivity index (χ3v) is 5.60. The Morgan fingerprint density at radius 2 is 1.83 bits per heavy atom. The van der Waals surface area contributed by atoms with E-state index in [-0.39, 0.29) is 5.91 Å². The molecule has 3 heteroatoms. The Hall–Kier alpha value is -2.13. The number of carbonyl (C=O) groups excluding carboxylic acids is 1. The largest absolute Gasteiger partial charge is 0.338 e. The number of hydrogen-bond acceptors (Lipinski definition) is 2. The predicted molar refractivity (Wildman–Crippen MR) is 96.1 cm³/mol. The molecule has 2 aliphatic rings. The summed E-state index contributed by atoms with van der Waals surface area (Å²) < 4.78 is 0. The van der Waals surface area contributed by atoms with Crippen LogP contribution in [0.4, 0.5) is 0 Å². The lowest BCUT2D eigenvalue weighted by molar-refractivity contribution is 0.0786. The second kappa shape index (κ2) is 6.40. The maximum absolute atomic E-state index is 13.0. The average molecular weight is 320 g/mol. The Morgan fingerprint density at radius 1 is 1.04 bits per heavy atom. The van der Waals surface area contributed by atoms with Gasteiger partial charge in [-0.15, -0.1) is 0 Å². The molecule has 1 fully saturated rings. The van der Waals surface area contributed by atoms with Crippen LogP contribution in [-0.2, 0) is 12.8 Å². The minimum Gasteiger partial charge on any atom is -0.338 e. The number of benzene rings is 2. The van der Waals surface area contributed by atoms with Crippen LogP contribution in [0.3, 0.4) is 0 Å². The van der Waals surface area contributed by atoms with Crippen molar-refractivity contribution >= 4 is 5.91 Å². The number of amides is 1. The molecule has 0 spiro atoms. The van der Waals surface area contributed by atoms with Gasteiger partial charge in [0.2, 0.25) is 0 Å². The first-order chi connectivity index (χ1) is 11.8. The molecule has 0 bridgehead atoms.